The number of hydrogen-bond acceptors (Lipinski definition) is 6. The SMILES string of the molecule is CCCCC(=O)Nc1c(Cl)nc2ccccc2c1NCC12CCC(CNC(=O)OC(C)(C)C)(CC1)OC2. The summed E-state index contributed by atoms with van der Waals surface area (Å²) in [5.74, 6) is -0.0667. The number of pyridine rings is 1. The number of unbranched alkanes of at least 4 members (excludes halogenated alkanes) is 1. The van der Waals surface area contributed by atoms with Crippen LogP contribution in [0.4, 0.5) is 16.2 Å². The van der Waals surface area contributed by atoms with Gasteiger partial charge in [0.05, 0.1) is 23.4 Å². The van der Waals surface area contributed by atoms with E-state index in [4.69, 9.17) is 21.1 Å². The Morgan fingerprint density at radius 2 is 1.84 bits per heavy atom. The molecular formula is C28H39ClN4O4. The summed E-state index contributed by atoms with van der Waals surface area (Å²) in [7, 11) is 0. The number of amides is 2. The number of nitrogens with zero attached hydrogens (tertiary/aromatic N) is 1. The molecule has 2 saturated heterocycles. The molecule has 2 aromatic rings. The molecule has 3 fully saturated rings. The van der Waals surface area contributed by atoms with Gasteiger partial charge in [-0.2, -0.15) is 0 Å². The third-order valence-corrected chi connectivity index (χ3v) is 7.64. The van der Waals surface area contributed by atoms with Crippen LogP contribution in [0.25, 0.3) is 10.9 Å². The summed E-state index contributed by atoms with van der Waals surface area (Å²) in [6.07, 6.45) is 5.47. The van der Waals surface area contributed by atoms with Gasteiger partial charge in [-0.05, 0) is 58.9 Å². The molecule has 2 aliphatic heterocycles. The molecule has 0 unspecified atom stereocenters. The Bertz CT molecular complexity index is 1120. The van der Waals surface area contributed by atoms with Crippen molar-refractivity contribution in [2.24, 2.45) is 5.41 Å². The number of fused-ring (bicyclic) bond motifs is 4. The van der Waals surface area contributed by atoms with E-state index < -0.39 is 11.7 Å². The lowest BCUT2D eigenvalue weighted by Crippen LogP contribution is -2.58. The highest BCUT2D eigenvalue weighted by molar-refractivity contribution is 6.34. The number of para-hydroxylation sites is 1. The highest BCUT2D eigenvalue weighted by Crippen LogP contribution is 2.49. The van der Waals surface area contributed by atoms with Gasteiger partial charge in [0.1, 0.15) is 11.3 Å². The van der Waals surface area contributed by atoms with Crippen molar-refractivity contribution in [2.75, 3.05) is 30.3 Å². The van der Waals surface area contributed by atoms with Crippen LogP contribution in [-0.2, 0) is 14.3 Å². The van der Waals surface area contributed by atoms with Crippen LogP contribution < -0.4 is 16.0 Å². The van der Waals surface area contributed by atoms with Crippen LogP contribution in [0.2, 0.25) is 5.15 Å². The zero-order chi connectivity index (χ0) is 26.7. The third-order valence-electron chi connectivity index (χ3n) is 7.37. The summed E-state index contributed by atoms with van der Waals surface area (Å²) in [5, 5.41) is 10.7. The van der Waals surface area contributed by atoms with E-state index in [1.54, 1.807) is 0 Å². The van der Waals surface area contributed by atoms with Crippen LogP contribution in [0.1, 0.15) is 72.6 Å². The first-order chi connectivity index (χ1) is 17.5. The first-order valence-corrected chi connectivity index (χ1v) is 13.6. The van der Waals surface area contributed by atoms with Crippen molar-refractivity contribution in [2.45, 2.75) is 83.8 Å². The highest BCUT2D eigenvalue weighted by Gasteiger charge is 2.50. The molecule has 3 heterocycles. The maximum absolute atomic E-state index is 12.6. The molecular weight excluding hydrogens is 492 g/mol. The van der Waals surface area contributed by atoms with Crippen molar-refractivity contribution in [3.05, 3.63) is 29.4 Å². The lowest BCUT2D eigenvalue weighted by molar-refractivity contribution is -0.175. The first-order valence-electron chi connectivity index (χ1n) is 13.3. The summed E-state index contributed by atoms with van der Waals surface area (Å²) in [4.78, 5) is 29.2. The van der Waals surface area contributed by atoms with Gasteiger partial charge >= 0.3 is 6.09 Å². The van der Waals surface area contributed by atoms with E-state index in [9.17, 15) is 9.59 Å². The van der Waals surface area contributed by atoms with Crippen LogP contribution in [0.5, 0.6) is 0 Å². The molecule has 202 valence electrons. The van der Waals surface area contributed by atoms with Crippen molar-refractivity contribution in [3.8, 4) is 0 Å². The minimum Gasteiger partial charge on any atom is -0.444 e. The third kappa shape index (κ3) is 6.65. The number of carbonyl (C=O) groups is 2. The van der Waals surface area contributed by atoms with Crippen molar-refractivity contribution in [1.82, 2.24) is 10.3 Å². The molecule has 0 spiro atoms. The molecule has 2 bridgehead atoms. The van der Waals surface area contributed by atoms with Gasteiger partial charge < -0.3 is 25.4 Å². The Morgan fingerprint density at radius 3 is 2.49 bits per heavy atom. The van der Waals surface area contributed by atoms with E-state index in [-0.39, 0.29) is 22.1 Å². The first kappa shape index (κ1) is 27.5. The number of hydrogen-bond donors (Lipinski definition) is 3. The van der Waals surface area contributed by atoms with Gasteiger partial charge in [0.15, 0.2) is 5.15 Å². The minimum atomic E-state index is -0.531. The summed E-state index contributed by atoms with van der Waals surface area (Å²) in [6, 6.07) is 7.80. The second kappa shape index (κ2) is 11.0. The standard InChI is InChI=1S/C28H39ClN4O4/c1-5-6-11-21(34)33-23-22(19-9-7-8-10-20(19)32-24(23)29)30-16-27-12-14-28(15-13-27,36-18-27)17-31-25(35)37-26(2,3)4/h7-10H,5-6,11-18H2,1-4H3,(H,30,32)(H,31,35)(H,33,34). The van der Waals surface area contributed by atoms with E-state index in [2.05, 4.69) is 27.9 Å². The number of nitrogens with one attached hydrogen (secondary N) is 3. The molecule has 8 nitrogen and oxygen atoms in total. The Balaban J connectivity index is 1.45. The molecule has 1 saturated carbocycles. The van der Waals surface area contributed by atoms with Crippen LogP contribution in [-0.4, -0.2) is 47.9 Å². The second-order valence-corrected chi connectivity index (χ2v) is 11.9. The topological polar surface area (TPSA) is 102 Å². The van der Waals surface area contributed by atoms with Crippen LogP contribution in [0.3, 0.4) is 0 Å². The molecule has 1 aromatic heterocycles. The average molecular weight is 531 g/mol. The molecule has 37 heavy (non-hydrogen) atoms. The van der Waals surface area contributed by atoms with Gasteiger partial charge in [0.25, 0.3) is 0 Å². The van der Waals surface area contributed by atoms with Crippen LogP contribution in [0.15, 0.2) is 24.3 Å². The summed E-state index contributed by atoms with van der Waals surface area (Å²) >= 11 is 6.57. The van der Waals surface area contributed by atoms with Crippen molar-refractivity contribution in [3.63, 3.8) is 0 Å². The molecule has 0 atom stereocenters. The Kier molecular flexibility index (Phi) is 8.19. The van der Waals surface area contributed by atoms with Gasteiger partial charge in [0.2, 0.25) is 5.91 Å². The lowest BCUT2D eigenvalue weighted by Gasteiger charge is -2.53. The van der Waals surface area contributed by atoms with Gasteiger partial charge in [-0.15, -0.1) is 0 Å². The number of benzene rings is 1. The fraction of sp³-hybridized carbons (Fsp3) is 0.607. The lowest BCUT2D eigenvalue weighted by atomic mass is 9.66. The fourth-order valence-corrected chi connectivity index (χ4v) is 5.36. The van der Waals surface area contributed by atoms with Crippen molar-refractivity contribution >= 4 is 45.9 Å². The fourth-order valence-electron chi connectivity index (χ4n) is 5.13. The summed E-state index contributed by atoms with van der Waals surface area (Å²) in [5.41, 5.74) is 1.19. The zero-order valence-electron chi connectivity index (χ0n) is 22.3. The number of halogens is 1. The van der Waals surface area contributed by atoms with E-state index in [1.807, 2.05) is 45.0 Å². The quantitative estimate of drug-likeness (QED) is 0.330. The number of carbonyl (C=O) groups excluding carboxylic acids is 2. The molecule has 2 amide bonds. The Morgan fingerprint density at radius 1 is 1.11 bits per heavy atom. The van der Waals surface area contributed by atoms with Crippen molar-refractivity contribution in [1.29, 1.82) is 0 Å². The predicted molar refractivity (Wildman–Crippen MR) is 147 cm³/mol. The van der Waals surface area contributed by atoms with E-state index in [1.165, 1.54) is 0 Å². The predicted octanol–water partition coefficient (Wildman–Crippen LogP) is 6.28. The van der Waals surface area contributed by atoms with Crippen LogP contribution in [0, 0.1) is 5.41 Å². The van der Waals surface area contributed by atoms with Gasteiger partial charge in [-0.3, -0.25) is 4.79 Å². The maximum atomic E-state index is 12.6. The summed E-state index contributed by atoms with van der Waals surface area (Å²) < 4.78 is 11.8. The number of alkyl carbamates (subject to hydrolysis) is 1. The zero-order valence-corrected chi connectivity index (χ0v) is 23.1. The normalized spacial score (nSPS) is 23.1. The molecule has 5 rings (SSSR count). The summed E-state index contributed by atoms with van der Waals surface area (Å²) in [6.45, 7) is 9.35. The molecule has 9 heteroatoms. The molecule has 1 aliphatic carbocycles. The molecule has 3 aliphatic rings. The number of ether oxygens (including phenoxy) is 2. The maximum Gasteiger partial charge on any atom is 0.407 e. The Labute approximate surface area is 224 Å². The van der Waals surface area contributed by atoms with Gasteiger partial charge in [-0.25, -0.2) is 9.78 Å². The smallest absolute Gasteiger partial charge is 0.407 e. The van der Waals surface area contributed by atoms with Gasteiger partial charge in [0, 0.05) is 30.3 Å². The number of anilines is 2. The second-order valence-electron chi connectivity index (χ2n) is 11.5. The Hall–Kier alpha value is -2.58. The molecule has 3 N–H and O–H groups in total. The number of aromatic nitrogens is 1. The number of rotatable bonds is 9. The monoisotopic (exact) mass is 530 g/mol. The largest absolute Gasteiger partial charge is 0.444 e. The van der Waals surface area contributed by atoms with Gasteiger partial charge in [-0.1, -0.05) is 43.1 Å². The average Bonchev–Trinajstić information content (AvgIpc) is 2.86. The van der Waals surface area contributed by atoms with Crippen molar-refractivity contribution < 1.29 is 19.1 Å². The van der Waals surface area contributed by atoms with E-state index >= 15 is 0 Å². The van der Waals surface area contributed by atoms with E-state index in [0.717, 1.165) is 55.1 Å². The van der Waals surface area contributed by atoms with Crippen LogP contribution >= 0.6 is 11.6 Å². The van der Waals surface area contributed by atoms with E-state index in [0.29, 0.717) is 31.8 Å². The molecule has 1 aromatic carbocycles. The highest BCUT2D eigenvalue weighted by atomic mass is 35.5. The molecule has 0 radical (unpaired) electrons. The minimum absolute atomic E-state index is 0.0337.